The van der Waals surface area contributed by atoms with Crippen LogP contribution < -0.4 is 0 Å². The summed E-state index contributed by atoms with van der Waals surface area (Å²) in [6.07, 6.45) is 5.84. The van der Waals surface area contributed by atoms with Crippen LogP contribution in [0.5, 0.6) is 0 Å². The first kappa shape index (κ1) is 13.3. The predicted molar refractivity (Wildman–Crippen MR) is 81.2 cm³/mol. The summed E-state index contributed by atoms with van der Waals surface area (Å²) in [5, 5.41) is 9.25. The maximum Gasteiger partial charge on any atom is 0.307 e. The Morgan fingerprint density at radius 2 is 1.67 bits per heavy atom. The number of likely N-dealkylation sites (tertiary alicyclic amines) is 1. The van der Waals surface area contributed by atoms with Gasteiger partial charge in [-0.15, -0.1) is 0 Å². The van der Waals surface area contributed by atoms with Crippen molar-refractivity contribution in [3.63, 3.8) is 0 Å². The molecule has 2 fully saturated rings. The molecule has 0 spiro atoms. The number of nitrogens with zero attached hydrogens (tertiary/aromatic N) is 1. The van der Waals surface area contributed by atoms with Crippen LogP contribution in [0.25, 0.3) is 0 Å². The molecule has 112 valence electrons. The van der Waals surface area contributed by atoms with Gasteiger partial charge in [0.25, 0.3) is 0 Å². The van der Waals surface area contributed by atoms with E-state index < -0.39 is 5.97 Å². The fourth-order valence-electron chi connectivity index (χ4n) is 4.98. The molecule has 2 bridgehead atoms. The van der Waals surface area contributed by atoms with Crippen molar-refractivity contribution in [2.24, 2.45) is 17.8 Å². The highest BCUT2D eigenvalue weighted by atomic mass is 16.4. The maximum absolute atomic E-state index is 11.2. The van der Waals surface area contributed by atoms with Crippen LogP contribution >= 0.6 is 0 Å². The highest BCUT2D eigenvalue weighted by molar-refractivity contribution is 5.70. The zero-order valence-electron chi connectivity index (χ0n) is 12.4. The minimum Gasteiger partial charge on any atom is -0.481 e. The van der Waals surface area contributed by atoms with Crippen molar-refractivity contribution < 1.29 is 9.90 Å². The quantitative estimate of drug-likeness (QED) is 0.908. The Bertz CT molecular complexity index is 523. The highest BCUT2D eigenvalue weighted by Crippen LogP contribution is 2.43. The van der Waals surface area contributed by atoms with Gasteiger partial charge in [0.2, 0.25) is 0 Å². The number of benzene rings is 1. The molecular formula is C18H23NO2. The first-order chi connectivity index (χ1) is 10.2. The molecule has 1 aromatic rings. The van der Waals surface area contributed by atoms with E-state index >= 15 is 0 Å². The number of rotatable bonds is 2. The van der Waals surface area contributed by atoms with Crippen molar-refractivity contribution in [3.05, 3.63) is 35.4 Å². The third-order valence-corrected chi connectivity index (χ3v) is 5.95. The number of carbonyl (C=O) groups is 1. The lowest BCUT2D eigenvalue weighted by atomic mass is 9.94. The van der Waals surface area contributed by atoms with Crippen LogP contribution in [0.4, 0.5) is 0 Å². The van der Waals surface area contributed by atoms with Crippen LogP contribution in [0.3, 0.4) is 0 Å². The lowest BCUT2D eigenvalue weighted by Gasteiger charge is -2.32. The van der Waals surface area contributed by atoms with Gasteiger partial charge in [-0.2, -0.15) is 0 Å². The standard InChI is InChI=1S/C18H23NO2/c20-18(21)16-7-8-19(11-16)17-14-5-6-15(17)10-13-4-2-1-3-12(13)9-14/h1-4,14-17H,5-11H2,(H,20,21). The van der Waals surface area contributed by atoms with E-state index in [-0.39, 0.29) is 5.92 Å². The summed E-state index contributed by atoms with van der Waals surface area (Å²) in [6.45, 7) is 1.74. The molecule has 1 N–H and O–H groups in total. The van der Waals surface area contributed by atoms with Crippen LogP contribution in [0.15, 0.2) is 24.3 Å². The topological polar surface area (TPSA) is 40.5 Å². The van der Waals surface area contributed by atoms with Gasteiger partial charge in [0.05, 0.1) is 5.92 Å². The molecule has 0 aromatic heterocycles. The van der Waals surface area contributed by atoms with Crippen molar-refractivity contribution >= 4 is 5.97 Å². The summed E-state index contributed by atoms with van der Waals surface area (Å²) >= 11 is 0. The first-order valence-electron chi connectivity index (χ1n) is 8.26. The Kier molecular flexibility index (Phi) is 3.26. The molecule has 0 radical (unpaired) electrons. The molecule has 4 rings (SSSR count). The minimum absolute atomic E-state index is 0.143. The molecule has 3 aliphatic rings. The largest absolute Gasteiger partial charge is 0.481 e. The molecular weight excluding hydrogens is 262 g/mol. The van der Waals surface area contributed by atoms with E-state index in [0.29, 0.717) is 6.04 Å². The van der Waals surface area contributed by atoms with Gasteiger partial charge >= 0.3 is 5.97 Å². The monoisotopic (exact) mass is 285 g/mol. The van der Waals surface area contributed by atoms with Gasteiger partial charge in [-0.3, -0.25) is 9.69 Å². The summed E-state index contributed by atoms with van der Waals surface area (Å²) in [7, 11) is 0. The fourth-order valence-corrected chi connectivity index (χ4v) is 4.98. The van der Waals surface area contributed by atoms with E-state index in [4.69, 9.17) is 0 Å². The van der Waals surface area contributed by atoms with E-state index in [0.717, 1.165) is 31.3 Å². The number of aliphatic carboxylic acids is 1. The smallest absolute Gasteiger partial charge is 0.307 e. The van der Waals surface area contributed by atoms with E-state index in [1.165, 1.54) is 36.8 Å². The normalized spacial score (nSPS) is 35.4. The average molecular weight is 285 g/mol. The van der Waals surface area contributed by atoms with Crippen molar-refractivity contribution in [1.82, 2.24) is 4.90 Å². The Morgan fingerprint density at radius 3 is 2.19 bits per heavy atom. The first-order valence-corrected chi connectivity index (χ1v) is 8.26. The maximum atomic E-state index is 11.2. The molecule has 1 saturated carbocycles. The fraction of sp³-hybridized carbons (Fsp3) is 0.611. The summed E-state index contributed by atoms with van der Waals surface area (Å²) in [4.78, 5) is 13.7. The Morgan fingerprint density at radius 1 is 1.05 bits per heavy atom. The zero-order chi connectivity index (χ0) is 14.4. The van der Waals surface area contributed by atoms with Crippen LogP contribution in [0.2, 0.25) is 0 Å². The lowest BCUT2D eigenvalue weighted by Crippen LogP contribution is -2.41. The second-order valence-corrected chi connectivity index (χ2v) is 7.08. The van der Waals surface area contributed by atoms with Crippen LogP contribution in [0.1, 0.15) is 30.4 Å². The molecule has 3 unspecified atom stereocenters. The van der Waals surface area contributed by atoms with Crippen molar-refractivity contribution in [1.29, 1.82) is 0 Å². The summed E-state index contributed by atoms with van der Waals surface area (Å²) in [6, 6.07) is 9.50. The van der Waals surface area contributed by atoms with Crippen molar-refractivity contribution in [2.45, 2.75) is 38.1 Å². The summed E-state index contributed by atoms with van der Waals surface area (Å²) < 4.78 is 0. The van der Waals surface area contributed by atoms with Crippen LogP contribution in [-0.2, 0) is 17.6 Å². The molecule has 1 heterocycles. The lowest BCUT2D eigenvalue weighted by molar-refractivity contribution is -0.141. The number of carboxylic acids is 1. The number of fused-ring (bicyclic) bond motifs is 3. The Hall–Kier alpha value is -1.35. The molecule has 2 aliphatic carbocycles. The van der Waals surface area contributed by atoms with Crippen molar-refractivity contribution in [2.75, 3.05) is 13.1 Å². The van der Waals surface area contributed by atoms with E-state index in [9.17, 15) is 9.90 Å². The zero-order valence-corrected chi connectivity index (χ0v) is 12.4. The Balaban J connectivity index is 1.57. The highest BCUT2D eigenvalue weighted by Gasteiger charge is 2.44. The average Bonchev–Trinajstić information content (AvgIpc) is 3.02. The van der Waals surface area contributed by atoms with E-state index in [2.05, 4.69) is 29.2 Å². The SMILES string of the molecule is O=C(O)C1CCN(C2C3CCC2Cc2ccccc2C3)C1. The number of hydrogen-bond donors (Lipinski definition) is 1. The van der Waals surface area contributed by atoms with Gasteiger partial charge in [0.15, 0.2) is 0 Å². The third kappa shape index (κ3) is 2.28. The molecule has 0 amide bonds. The van der Waals surface area contributed by atoms with Crippen molar-refractivity contribution in [3.8, 4) is 0 Å². The van der Waals surface area contributed by atoms with Crippen LogP contribution in [0, 0.1) is 17.8 Å². The summed E-state index contributed by atoms with van der Waals surface area (Å²) in [5.41, 5.74) is 3.06. The van der Waals surface area contributed by atoms with E-state index in [1.54, 1.807) is 0 Å². The molecule has 3 atom stereocenters. The number of carboxylic acid groups (broad SMARTS) is 1. The van der Waals surface area contributed by atoms with Gasteiger partial charge in [0, 0.05) is 12.6 Å². The third-order valence-electron chi connectivity index (χ3n) is 5.95. The van der Waals surface area contributed by atoms with Gasteiger partial charge in [0.1, 0.15) is 0 Å². The molecule has 1 aromatic carbocycles. The molecule has 1 saturated heterocycles. The molecule has 3 nitrogen and oxygen atoms in total. The minimum atomic E-state index is -0.609. The Labute approximate surface area is 126 Å². The molecule has 3 heteroatoms. The summed E-state index contributed by atoms with van der Waals surface area (Å²) in [5.74, 6) is 0.703. The van der Waals surface area contributed by atoms with Gasteiger partial charge in [-0.25, -0.2) is 0 Å². The van der Waals surface area contributed by atoms with Gasteiger partial charge in [-0.05, 0) is 61.6 Å². The molecule has 1 aliphatic heterocycles. The predicted octanol–water partition coefficient (Wildman–Crippen LogP) is 2.59. The van der Waals surface area contributed by atoms with Gasteiger partial charge < -0.3 is 5.11 Å². The number of hydrogen-bond acceptors (Lipinski definition) is 2. The van der Waals surface area contributed by atoms with Gasteiger partial charge in [-0.1, -0.05) is 24.3 Å². The molecule has 21 heavy (non-hydrogen) atoms. The van der Waals surface area contributed by atoms with Crippen LogP contribution in [-0.4, -0.2) is 35.1 Å². The second kappa shape index (κ2) is 5.13. The van der Waals surface area contributed by atoms with E-state index in [1.807, 2.05) is 0 Å². The second-order valence-electron chi connectivity index (χ2n) is 7.08.